The first-order chi connectivity index (χ1) is 10.9. The molecule has 1 aliphatic heterocycles. The standard InChI is InChI=1S/C14H13FN2O4S2/c15-11-4-1-3-10(9-11)12-5-2-8-16(12)23(20,21)14-7-6-13(22-14)17(18)19/h1,3-4,6-7,9,12H,2,5,8H2/t12-/m1/s1. The van der Waals surface area contributed by atoms with Crippen molar-refractivity contribution in [2.75, 3.05) is 6.54 Å². The molecule has 2 heterocycles. The van der Waals surface area contributed by atoms with Crippen LogP contribution in [0.3, 0.4) is 0 Å². The molecule has 1 aliphatic rings. The van der Waals surface area contributed by atoms with Crippen LogP contribution in [0.2, 0.25) is 0 Å². The van der Waals surface area contributed by atoms with E-state index in [-0.39, 0.29) is 9.21 Å². The number of nitrogens with zero attached hydrogens (tertiary/aromatic N) is 2. The smallest absolute Gasteiger partial charge is 0.258 e. The molecule has 0 unspecified atom stereocenters. The third-order valence-corrected chi connectivity index (χ3v) is 7.16. The fourth-order valence-electron chi connectivity index (χ4n) is 2.74. The number of nitro groups is 1. The van der Waals surface area contributed by atoms with E-state index in [1.807, 2.05) is 0 Å². The maximum absolute atomic E-state index is 13.4. The highest BCUT2D eigenvalue weighted by molar-refractivity contribution is 7.91. The van der Waals surface area contributed by atoms with Crippen LogP contribution in [0.5, 0.6) is 0 Å². The van der Waals surface area contributed by atoms with Crippen LogP contribution in [0.1, 0.15) is 24.4 Å². The number of hydrogen-bond acceptors (Lipinski definition) is 5. The lowest BCUT2D eigenvalue weighted by Gasteiger charge is -2.23. The van der Waals surface area contributed by atoms with E-state index < -0.39 is 26.8 Å². The van der Waals surface area contributed by atoms with Crippen LogP contribution in [-0.2, 0) is 10.0 Å². The number of rotatable bonds is 4. The van der Waals surface area contributed by atoms with Gasteiger partial charge in [-0.15, -0.1) is 0 Å². The molecule has 1 aromatic heterocycles. The zero-order valence-corrected chi connectivity index (χ0v) is 13.5. The molecule has 1 aromatic carbocycles. The summed E-state index contributed by atoms with van der Waals surface area (Å²) < 4.78 is 40.2. The van der Waals surface area contributed by atoms with E-state index >= 15 is 0 Å². The molecule has 0 aliphatic carbocycles. The van der Waals surface area contributed by atoms with E-state index in [2.05, 4.69) is 0 Å². The Bertz CT molecular complexity index is 850. The number of sulfonamides is 1. The summed E-state index contributed by atoms with van der Waals surface area (Å²) in [6.07, 6.45) is 1.25. The monoisotopic (exact) mass is 356 g/mol. The maximum Gasteiger partial charge on any atom is 0.325 e. The van der Waals surface area contributed by atoms with Crippen molar-refractivity contribution in [2.24, 2.45) is 0 Å². The summed E-state index contributed by atoms with van der Waals surface area (Å²) in [6.45, 7) is 0.315. The molecule has 0 bridgehead atoms. The lowest BCUT2D eigenvalue weighted by Crippen LogP contribution is -2.30. The Hall–Kier alpha value is -1.84. The molecule has 23 heavy (non-hydrogen) atoms. The van der Waals surface area contributed by atoms with E-state index in [9.17, 15) is 22.9 Å². The van der Waals surface area contributed by atoms with Gasteiger partial charge in [0, 0.05) is 12.6 Å². The predicted molar refractivity (Wildman–Crippen MR) is 83.2 cm³/mol. The van der Waals surface area contributed by atoms with Gasteiger partial charge in [-0.05, 0) is 47.9 Å². The van der Waals surface area contributed by atoms with Gasteiger partial charge in [0.1, 0.15) is 10.0 Å². The summed E-state index contributed by atoms with van der Waals surface area (Å²) in [4.78, 5) is 10.1. The highest BCUT2D eigenvalue weighted by atomic mass is 32.2. The minimum absolute atomic E-state index is 0.0625. The Labute approximate surface area is 136 Å². The largest absolute Gasteiger partial charge is 0.325 e. The first-order valence-corrected chi connectivity index (χ1v) is 9.17. The second kappa shape index (κ2) is 5.99. The van der Waals surface area contributed by atoms with Crippen molar-refractivity contribution in [1.29, 1.82) is 0 Å². The van der Waals surface area contributed by atoms with Gasteiger partial charge in [0.15, 0.2) is 0 Å². The van der Waals surface area contributed by atoms with Gasteiger partial charge in [0.25, 0.3) is 10.0 Å². The van der Waals surface area contributed by atoms with Crippen molar-refractivity contribution in [3.63, 3.8) is 0 Å². The van der Waals surface area contributed by atoms with E-state index in [0.29, 0.717) is 36.3 Å². The Kier molecular flexibility index (Phi) is 4.17. The van der Waals surface area contributed by atoms with Crippen molar-refractivity contribution >= 4 is 26.4 Å². The van der Waals surface area contributed by atoms with E-state index in [4.69, 9.17) is 0 Å². The van der Waals surface area contributed by atoms with Gasteiger partial charge in [-0.1, -0.05) is 12.1 Å². The molecule has 6 nitrogen and oxygen atoms in total. The van der Waals surface area contributed by atoms with Gasteiger partial charge >= 0.3 is 5.00 Å². The minimum Gasteiger partial charge on any atom is -0.258 e. The fourth-order valence-corrected chi connectivity index (χ4v) is 5.66. The number of benzene rings is 1. The summed E-state index contributed by atoms with van der Waals surface area (Å²) in [5, 5.41) is 10.5. The van der Waals surface area contributed by atoms with E-state index in [1.54, 1.807) is 12.1 Å². The molecule has 1 atom stereocenters. The first-order valence-electron chi connectivity index (χ1n) is 6.91. The second-order valence-corrected chi connectivity index (χ2v) is 8.36. The molecule has 0 amide bonds. The lowest BCUT2D eigenvalue weighted by molar-refractivity contribution is -0.380. The average Bonchev–Trinajstić information content (AvgIpc) is 3.17. The summed E-state index contributed by atoms with van der Waals surface area (Å²) >= 11 is 0.632. The van der Waals surface area contributed by atoms with Crippen LogP contribution in [0.4, 0.5) is 9.39 Å². The molecule has 1 saturated heterocycles. The Morgan fingerprint density at radius 1 is 1.30 bits per heavy atom. The van der Waals surface area contributed by atoms with Crippen molar-refractivity contribution in [1.82, 2.24) is 4.31 Å². The topological polar surface area (TPSA) is 80.5 Å². The molecule has 1 fully saturated rings. The highest BCUT2D eigenvalue weighted by Gasteiger charge is 2.37. The lowest BCUT2D eigenvalue weighted by atomic mass is 10.1. The van der Waals surface area contributed by atoms with Crippen LogP contribution in [0.25, 0.3) is 0 Å². The van der Waals surface area contributed by atoms with Gasteiger partial charge in [0.2, 0.25) is 0 Å². The molecule has 0 spiro atoms. The summed E-state index contributed by atoms with van der Waals surface area (Å²) in [6, 6.07) is 7.86. The number of halogens is 1. The van der Waals surface area contributed by atoms with Crippen molar-refractivity contribution < 1.29 is 17.7 Å². The van der Waals surface area contributed by atoms with Crippen LogP contribution >= 0.6 is 11.3 Å². The summed E-state index contributed by atoms with van der Waals surface area (Å²) in [5.74, 6) is -0.418. The fraction of sp³-hybridized carbons (Fsp3) is 0.286. The third kappa shape index (κ3) is 2.99. The average molecular weight is 356 g/mol. The highest BCUT2D eigenvalue weighted by Crippen LogP contribution is 2.39. The third-order valence-electron chi connectivity index (χ3n) is 3.75. The molecule has 122 valence electrons. The Balaban J connectivity index is 1.96. The van der Waals surface area contributed by atoms with Gasteiger partial charge in [-0.25, -0.2) is 12.8 Å². The Morgan fingerprint density at radius 3 is 2.74 bits per heavy atom. The van der Waals surface area contributed by atoms with Crippen molar-refractivity contribution in [2.45, 2.75) is 23.1 Å². The molecule has 0 saturated carbocycles. The predicted octanol–water partition coefficient (Wildman–Crippen LogP) is 3.32. The quantitative estimate of drug-likeness (QED) is 0.622. The van der Waals surface area contributed by atoms with Gasteiger partial charge in [0.05, 0.1) is 11.0 Å². The zero-order valence-electron chi connectivity index (χ0n) is 11.9. The maximum atomic E-state index is 13.4. The van der Waals surface area contributed by atoms with Crippen LogP contribution in [0, 0.1) is 15.9 Å². The normalized spacial score (nSPS) is 19.1. The summed E-state index contributed by atoms with van der Waals surface area (Å²) in [5.41, 5.74) is 0.595. The number of thiophene rings is 1. The molecule has 0 radical (unpaired) electrons. The molecular weight excluding hydrogens is 343 g/mol. The summed E-state index contributed by atoms with van der Waals surface area (Å²) in [7, 11) is -3.84. The molecule has 3 rings (SSSR count). The molecule has 9 heteroatoms. The SMILES string of the molecule is O=[N+]([O-])c1ccc(S(=O)(=O)N2CCC[C@@H]2c2cccc(F)c2)s1. The van der Waals surface area contributed by atoms with Crippen molar-refractivity contribution in [3.8, 4) is 0 Å². The number of hydrogen-bond donors (Lipinski definition) is 0. The van der Waals surface area contributed by atoms with Gasteiger partial charge in [-0.2, -0.15) is 4.31 Å². The molecule has 0 N–H and O–H groups in total. The first kappa shape index (κ1) is 16.0. The second-order valence-electron chi connectivity index (χ2n) is 5.18. The van der Waals surface area contributed by atoms with Gasteiger partial charge < -0.3 is 0 Å². The molecule has 2 aromatic rings. The van der Waals surface area contributed by atoms with Crippen molar-refractivity contribution in [3.05, 3.63) is 57.9 Å². The minimum atomic E-state index is -3.84. The molecular formula is C14H13FN2O4S2. The van der Waals surface area contributed by atoms with Gasteiger partial charge in [-0.3, -0.25) is 10.1 Å². The van der Waals surface area contributed by atoms with E-state index in [0.717, 1.165) is 0 Å². The van der Waals surface area contributed by atoms with E-state index in [1.165, 1.54) is 28.6 Å². The van der Waals surface area contributed by atoms with Crippen LogP contribution in [0.15, 0.2) is 40.6 Å². The Morgan fingerprint density at radius 2 is 2.09 bits per heavy atom. The van der Waals surface area contributed by atoms with Crippen LogP contribution < -0.4 is 0 Å². The van der Waals surface area contributed by atoms with Crippen LogP contribution in [-0.4, -0.2) is 24.2 Å². The zero-order chi connectivity index (χ0) is 16.6.